The van der Waals surface area contributed by atoms with Crippen molar-refractivity contribution < 1.29 is 19.0 Å². The number of carbonyl (C=O) groups excluding carboxylic acids is 1. The maximum atomic E-state index is 14.0. The summed E-state index contributed by atoms with van der Waals surface area (Å²) in [4.78, 5) is 32.8. The summed E-state index contributed by atoms with van der Waals surface area (Å²) in [5.41, 5.74) is 2.64. The van der Waals surface area contributed by atoms with E-state index in [0.717, 1.165) is 11.1 Å². The molecule has 0 radical (unpaired) electrons. The van der Waals surface area contributed by atoms with Gasteiger partial charge in [0.25, 0.3) is 5.56 Å². The summed E-state index contributed by atoms with van der Waals surface area (Å²) in [7, 11) is 1.52. The molecule has 2 heterocycles. The minimum Gasteiger partial charge on any atom is -0.493 e. The number of hydrogen-bond donors (Lipinski definition) is 0. The van der Waals surface area contributed by atoms with E-state index in [1.807, 2.05) is 60.7 Å². The van der Waals surface area contributed by atoms with Crippen molar-refractivity contribution in [1.29, 1.82) is 0 Å². The van der Waals surface area contributed by atoms with Crippen LogP contribution in [0.5, 0.6) is 11.5 Å². The molecule has 208 valence electrons. The van der Waals surface area contributed by atoms with Gasteiger partial charge in [0, 0.05) is 5.56 Å². The number of hydrogen-bond acceptors (Lipinski definition) is 7. The van der Waals surface area contributed by atoms with Crippen molar-refractivity contribution in [2.75, 3.05) is 20.3 Å². The van der Waals surface area contributed by atoms with Gasteiger partial charge in [-0.25, -0.2) is 9.79 Å². The van der Waals surface area contributed by atoms with E-state index in [9.17, 15) is 9.59 Å². The molecule has 0 bridgehead atoms. The molecule has 0 saturated carbocycles. The average Bonchev–Trinajstić information content (AvgIpc) is 3.30. The van der Waals surface area contributed by atoms with Crippen molar-refractivity contribution in [2.24, 2.45) is 4.99 Å². The predicted molar refractivity (Wildman–Crippen MR) is 161 cm³/mol. The summed E-state index contributed by atoms with van der Waals surface area (Å²) < 4.78 is 18.6. The molecular formula is C32H27ClN2O5S. The van der Waals surface area contributed by atoms with Gasteiger partial charge in [-0.05, 0) is 36.3 Å². The first-order valence-corrected chi connectivity index (χ1v) is 14.1. The lowest BCUT2D eigenvalue weighted by Crippen LogP contribution is -2.39. The molecule has 0 N–H and O–H groups in total. The number of rotatable bonds is 9. The van der Waals surface area contributed by atoms with Gasteiger partial charge in [-0.3, -0.25) is 9.36 Å². The molecule has 0 aliphatic carbocycles. The van der Waals surface area contributed by atoms with Gasteiger partial charge in [0.05, 0.1) is 40.6 Å². The molecule has 9 heteroatoms. The molecule has 4 aromatic rings. The molecule has 7 nitrogen and oxygen atoms in total. The number of ether oxygens (including phenoxy) is 3. The van der Waals surface area contributed by atoms with Crippen LogP contribution in [0.4, 0.5) is 0 Å². The Bertz CT molecular complexity index is 1810. The van der Waals surface area contributed by atoms with Gasteiger partial charge in [-0.1, -0.05) is 96.3 Å². The normalized spacial score (nSPS) is 14.7. The first-order chi connectivity index (χ1) is 20.0. The quantitative estimate of drug-likeness (QED) is 0.200. The molecule has 0 amide bonds. The average molecular weight is 587 g/mol. The van der Waals surface area contributed by atoms with Gasteiger partial charge in [0.15, 0.2) is 16.3 Å². The van der Waals surface area contributed by atoms with Gasteiger partial charge < -0.3 is 14.2 Å². The summed E-state index contributed by atoms with van der Waals surface area (Å²) in [6, 6.07) is 21.6. The molecule has 1 aromatic heterocycles. The van der Waals surface area contributed by atoms with Crippen molar-refractivity contribution in [2.45, 2.75) is 13.0 Å². The number of carbonyl (C=O) groups is 1. The second kappa shape index (κ2) is 12.4. The first kappa shape index (κ1) is 28.1. The van der Waals surface area contributed by atoms with Crippen LogP contribution in [0.1, 0.15) is 29.7 Å². The summed E-state index contributed by atoms with van der Waals surface area (Å²) in [5.74, 6) is 0.296. The Kier molecular flexibility index (Phi) is 8.52. The third kappa shape index (κ3) is 5.62. The Morgan fingerprint density at radius 2 is 1.83 bits per heavy atom. The highest BCUT2D eigenvalue weighted by Crippen LogP contribution is 2.37. The van der Waals surface area contributed by atoms with Crippen molar-refractivity contribution in [3.05, 3.63) is 132 Å². The largest absolute Gasteiger partial charge is 0.493 e. The van der Waals surface area contributed by atoms with E-state index in [0.29, 0.717) is 42.7 Å². The van der Waals surface area contributed by atoms with E-state index in [-0.39, 0.29) is 18.8 Å². The minimum absolute atomic E-state index is 0.186. The van der Waals surface area contributed by atoms with Crippen LogP contribution in [-0.2, 0) is 9.53 Å². The highest BCUT2D eigenvalue weighted by molar-refractivity contribution is 7.07. The van der Waals surface area contributed by atoms with Crippen LogP contribution in [0.25, 0.3) is 11.8 Å². The monoisotopic (exact) mass is 586 g/mol. The number of esters is 1. The van der Waals surface area contributed by atoms with Gasteiger partial charge in [0.2, 0.25) is 0 Å². The van der Waals surface area contributed by atoms with E-state index in [1.165, 1.54) is 18.4 Å². The van der Waals surface area contributed by atoms with Crippen LogP contribution in [0.3, 0.4) is 0 Å². The Morgan fingerprint density at radius 1 is 1.12 bits per heavy atom. The number of nitrogens with zero attached hydrogens (tertiary/aromatic N) is 2. The fourth-order valence-corrected chi connectivity index (χ4v) is 5.92. The Morgan fingerprint density at radius 3 is 2.49 bits per heavy atom. The van der Waals surface area contributed by atoms with Crippen molar-refractivity contribution in [1.82, 2.24) is 4.57 Å². The Labute approximate surface area is 245 Å². The maximum Gasteiger partial charge on any atom is 0.338 e. The zero-order chi connectivity index (χ0) is 28.9. The number of fused-ring (bicyclic) bond motifs is 1. The fraction of sp³-hybridized carbons (Fsp3) is 0.156. The molecule has 41 heavy (non-hydrogen) atoms. The molecular weight excluding hydrogens is 560 g/mol. The third-order valence-electron chi connectivity index (χ3n) is 6.38. The standard InChI is InChI=1S/C32H27ClN2O5S/c1-4-16-40-29-23(33)17-20(18-24(29)38-3)19-25-30(36)35-28(22-14-10-7-11-15-22)26(31(37)39-5-2)27(34-32(35)41-25)21-12-8-6-9-13-21/h4,6-15,17-19,28H,1,5,16H2,2-3H3/b25-19-/t28-/m1/s1. The molecule has 0 saturated heterocycles. The molecule has 0 fully saturated rings. The van der Waals surface area contributed by atoms with Gasteiger partial charge in [-0.2, -0.15) is 0 Å². The topological polar surface area (TPSA) is 79.1 Å². The van der Waals surface area contributed by atoms with Crippen LogP contribution in [0, 0.1) is 0 Å². The second-order valence-corrected chi connectivity index (χ2v) is 10.4. The molecule has 1 aliphatic rings. The number of halogens is 1. The lowest BCUT2D eigenvalue weighted by molar-refractivity contribution is -0.138. The van der Waals surface area contributed by atoms with Crippen molar-refractivity contribution in [3.63, 3.8) is 0 Å². The molecule has 1 atom stereocenters. The van der Waals surface area contributed by atoms with Gasteiger partial charge in [-0.15, -0.1) is 0 Å². The lowest BCUT2D eigenvalue weighted by atomic mass is 9.93. The number of benzene rings is 3. The summed E-state index contributed by atoms with van der Waals surface area (Å²) in [6.45, 7) is 5.86. The molecule has 1 aliphatic heterocycles. The van der Waals surface area contributed by atoms with E-state index in [4.69, 9.17) is 30.8 Å². The van der Waals surface area contributed by atoms with Crippen molar-refractivity contribution >= 4 is 40.7 Å². The van der Waals surface area contributed by atoms with E-state index in [2.05, 4.69) is 6.58 Å². The molecule has 0 spiro atoms. The molecule has 0 unspecified atom stereocenters. The first-order valence-electron chi connectivity index (χ1n) is 12.9. The zero-order valence-electron chi connectivity index (χ0n) is 22.5. The smallest absolute Gasteiger partial charge is 0.338 e. The third-order valence-corrected chi connectivity index (χ3v) is 7.65. The number of aromatic nitrogens is 1. The van der Waals surface area contributed by atoms with Gasteiger partial charge in [0.1, 0.15) is 6.61 Å². The van der Waals surface area contributed by atoms with Crippen LogP contribution < -0.4 is 24.4 Å². The Balaban J connectivity index is 1.76. The van der Waals surface area contributed by atoms with Crippen LogP contribution in [0.15, 0.2) is 101 Å². The SMILES string of the molecule is C=CCOc1c(Cl)cc(/C=c2\sc3n(c2=O)[C@H](c2ccccc2)C(C(=O)OCC)=C(c2ccccc2)N=3)cc1OC. The number of methoxy groups -OCH3 is 1. The fourth-order valence-electron chi connectivity index (χ4n) is 4.65. The van der Waals surface area contributed by atoms with Crippen LogP contribution in [0.2, 0.25) is 5.02 Å². The van der Waals surface area contributed by atoms with Gasteiger partial charge >= 0.3 is 5.97 Å². The molecule has 5 rings (SSSR count). The van der Waals surface area contributed by atoms with Crippen LogP contribution >= 0.6 is 22.9 Å². The molecule has 3 aromatic carbocycles. The minimum atomic E-state index is -0.739. The predicted octanol–water partition coefficient (Wildman–Crippen LogP) is 5.16. The summed E-state index contributed by atoms with van der Waals surface area (Å²) in [6.07, 6.45) is 3.34. The van der Waals surface area contributed by atoms with Crippen molar-refractivity contribution in [3.8, 4) is 11.5 Å². The highest BCUT2D eigenvalue weighted by atomic mass is 35.5. The van der Waals surface area contributed by atoms with Crippen LogP contribution in [-0.4, -0.2) is 30.9 Å². The highest BCUT2D eigenvalue weighted by Gasteiger charge is 2.35. The van der Waals surface area contributed by atoms with E-state index in [1.54, 1.807) is 35.8 Å². The summed E-state index contributed by atoms with van der Waals surface area (Å²) >= 11 is 7.75. The van der Waals surface area contributed by atoms with E-state index < -0.39 is 12.0 Å². The second-order valence-electron chi connectivity index (χ2n) is 8.98. The Hall–Kier alpha value is -4.40. The summed E-state index contributed by atoms with van der Waals surface area (Å²) in [5, 5.41) is 0.336. The maximum absolute atomic E-state index is 14.0. The zero-order valence-corrected chi connectivity index (χ0v) is 24.1. The van der Waals surface area contributed by atoms with E-state index >= 15 is 0 Å². The lowest BCUT2D eigenvalue weighted by Gasteiger charge is -2.25. The number of thiazole rings is 1.